The molecule has 0 spiro atoms. The smallest absolute Gasteiger partial charge is 0.329 e. The number of hydrogen-bond donors (Lipinski definition) is 2. The predicted octanol–water partition coefficient (Wildman–Crippen LogP) is 0.354. The van der Waals surface area contributed by atoms with Crippen LogP contribution in [0.4, 0.5) is 4.79 Å². The maximum absolute atomic E-state index is 12.0. The van der Waals surface area contributed by atoms with Crippen LogP contribution in [0.15, 0.2) is 0 Å². The second-order valence-corrected chi connectivity index (χ2v) is 6.36. The first-order valence-electron chi connectivity index (χ1n) is 7.43. The molecule has 0 aromatic carbocycles. The highest BCUT2D eigenvalue weighted by atomic mass is 16.5. The van der Waals surface area contributed by atoms with Crippen molar-refractivity contribution in [3.63, 3.8) is 0 Å². The number of morpholine rings is 1. The van der Waals surface area contributed by atoms with E-state index in [1.165, 1.54) is 38.6 Å². The average Bonchev–Trinajstić information content (AvgIpc) is 2.91. The van der Waals surface area contributed by atoms with Gasteiger partial charge in [0.1, 0.15) is 5.54 Å². The van der Waals surface area contributed by atoms with E-state index in [1.54, 1.807) is 0 Å². The first kappa shape index (κ1) is 16.0. The first-order valence-corrected chi connectivity index (χ1v) is 7.43. The summed E-state index contributed by atoms with van der Waals surface area (Å²) >= 11 is 0. The Morgan fingerprint density at radius 1 is 1.48 bits per heavy atom. The Bertz CT molecular complexity index is 413. The highest BCUT2D eigenvalue weighted by molar-refractivity contribution is 5.85. The monoisotopic (exact) mass is 299 g/mol. The van der Waals surface area contributed by atoms with E-state index >= 15 is 0 Å². The molecular weight excluding hydrogens is 274 g/mol. The summed E-state index contributed by atoms with van der Waals surface area (Å²) in [6.45, 7) is 6.06. The number of fused-ring (bicyclic) bond motifs is 1. The van der Waals surface area contributed by atoms with Gasteiger partial charge in [0.2, 0.25) is 0 Å². The van der Waals surface area contributed by atoms with Crippen molar-refractivity contribution < 1.29 is 19.4 Å². The van der Waals surface area contributed by atoms with Gasteiger partial charge < -0.3 is 20.1 Å². The molecule has 0 bridgehead atoms. The fraction of sp³-hybridized carbons (Fsp3) is 0.857. The van der Waals surface area contributed by atoms with Gasteiger partial charge in [-0.2, -0.15) is 0 Å². The Balaban J connectivity index is 1.80. The van der Waals surface area contributed by atoms with E-state index < -0.39 is 17.5 Å². The zero-order valence-electron chi connectivity index (χ0n) is 13.0. The molecule has 2 unspecified atom stereocenters. The molecule has 2 rings (SSSR count). The molecule has 21 heavy (non-hydrogen) atoms. The van der Waals surface area contributed by atoms with Crippen molar-refractivity contribution in [3.05, 3.63) is 0 Å². The topological polar surface area (TPSA) is 82.1 Å². The molecule has 2 amide bonds. The molecule has 2 saturated heterocycles. The molecule has 0 aliphatic carbocycles. The average molecular weight is 299 g/mol. The molecule has 7 nitrogen and oxygen atoms in total. The summed E-state index contributed by atoms with van der Waals surface area (Å²) in [5, 5.41) is 11.9. The van der Waals surface area contributed by atoms with Crippen LogP contribution < -0.4 is 5.32 Å². The van der Waals surface area contributed by atoms with Gasteiger partial charge in [0.15, 0.2) is 0 Å². The molecule has 2 aliphatic heterocycles. The van der Waals surface area contributed by atoms with Crippen molar-refractivity contribution >= 4 is 12.0 Å². The quantitative estimate of drug-likeness (QED) is 0.783. The maximum atomic E-state index is 12.0. The van der Waals surface area contributed by atoms with Crippen molar-refractivity contribution in [1.29, 1.82) is 0 Å². The van der Waals surface area contributed by atoms with Crippen molar-refractivity contribution in [2.24, 2.45) is 0 Å². The second-order valence-electron chi connectivity index (χ2n) is 6.36. The summed E-state index contributed by atoms with van der Waals surface area (Å²) in [5.74, 6) is -1.03. The van der Waals surface area contributed by atoms with Gasteiger partial charge >= 0.3 is 12.0 Å². The largest absolute Gasteiger partial charge is 0.480 e. The zero-order valence-corrected chi connectivity index (χ0v) is 13.0. The molecule has 2 heterocycles. The molecule has 0 aromatic heterocycles. The molecule has 120 valence electrons. The zero-order chi connectivity index (χ0) is 15.6. The number of urea groups is 1. The molecule has 0 radical (unpaired) electrons. The van der Waals surface area contributed by atoms with E-state index in [0.717, 1.165) is 19.7 Å². The number of carboxylic acid groups (broad SMARTS) is 1. The molecule has 2 atom stereocenters. The number of carbonyl (C=O) groups is 2. The molecule has 2 N–H and O–H groups in total. The standard InChI is InChI=1S/C14H25N3O4/c1-14(2,12(18)19)16(3)13(20)15-7-11-8-17-6-4-5-10(17)9-21-11/h10-11H,4-9H2,1-3H3,(H,15,20)(H,18,19). The van der Waals surface area contributed by atoms with E-state index in [9.17, 15) is 9.59 Å². The molecule has 0 saturated carbocycles. The summed E-state index contributed by atoms with van der Waals surface area (Å²) in [4.78, 5) is 26.8. The predicted molar refractivity (Wildman–Crippen MR) is 77.2 cm³/mol. The van der Waals surface area contributed by atoms with Crippen LogP contribution in [0.1, 0.15) is 26.7 Å². The van der Waals surface area contributed by atoms with Gasteiger partial charge in [0.25, 0.3) is 0 Å². The number of nitrogens with one attached hydrogen (secondary N) is 1. The van der Waals surface area contributed by atoms with E-state index in [-0.39, 0.29) is 6.10 Å². The van der Waals surface area contributed by atoms with Crippen LogP contribution in [0.5, 0.6) is 0 Å². The molecule has 2 fully saturated rings. The van der Waals surface area contributed by atoms with E-state index in [1.807, 2.05) is 0 Å². The summed E-state index contributed by atoms with van der Waals surface area (Å²) < 4.78 is 5.76. The van der Waals surface area contributed by atoms with Gasteiger partial charge in [-0.15, -0.1) is 0 Å². The summed E-state index contributed by atoms with van der Waals surface area (Å²) in [7, 11) is 1.49. The minimum absolute atomic E-state index is 0.0235. The minimum atomic E-state index is -1.24. The highest BCUT2D eigenvalue weighted by Gasteiger charge is 2.36. The Hall–Kier alpha value is -1.34. The Labute approximate surface area is 125 Å². The number of ether oxygens (including phenoxy) is 1. The number of rotatable bonds is 4. The first-order chi connectivity index (χ1) is 9.82. The third-order valence-electron chi connectivity index (χ3n) is 4.61. The van der Waals surface area contributed by atoms with Crippen LogP contribution in [0.3, 0.4) is 0 Å². The molecule has 2 aliphatic rings. The van der Waals surface area contributed by atoms with E-state index in [2.05, 4.69) is 10.2 Å². The number of carbonyl (C=O) groups excluding carboxylic acids is 1. The Morgan fingerprint density at radius 2 is 2.19 bits per heavy atom. The number of hydrogen-bond acceptors (Lipinski definition) is 4. The van der Waals surface area contributed by atoms with Crippen LogP contribution >= 0.6 is 0 Å². The Kier molecular flexibility index (Phi) is 4.73. The van der Waals surface area contributed by atoms with Crippen molar-refractivity contribution in [2.75, 3.05) is 33.3 Å². The summed E-state index contributed by atoms with van der Waals surface area (Å²) in [6.07, 6.45) is 2.38. The normalized spacial score (nSPS) is 26.2. The number of amides is 2. The number of nitrogens with zero attached hydrogens (tertiary/aromatic N) is 2. The van der Waals surface area contributed by atoms with Gasteiger partial charge in [-0.25, -0.2) is 9.59 Å². The fourth-order valence-corrected chi connectivity index (χ4v) is 2.73. The molecular formula is C14H25N3O4. The van der Waals surface area contributed by atoms with Gasteiger partial charge in [-0.3, -0.25) is 4.90 Å². The highest BCUT2D eigenvalue weighted by Crippen LogP contribution is 2.22. The maximum Gasteiger partial charge on any atom is 0.329 e. The van der Waals surface area contributed by atoms with Crippen molar-refractivity contribution in [3.8, 4) is 0 Å². The number of aliphatic carboxylic acids is 1. The van der Waals surface area contributed by atoms with Crippen LogP contribution in [0.2, 0.25) is 0 Å². The van der Waals surface area contributed by atoms with Gasteiger partial charge in [-0.1, -0.05) is 0 Å². The van der Waals surface area contributed by atoms with Crippen molar-refractivity contribution in [2.45, 2.75) is 44.4 Å². The Morgan fingerprint density at radius 3 is 2.86 bits per heavy atom. The van der Waals surface area contributed by atoms with E-state index in [0.29, 0.717) is 12.6 Å². The third kappa shape index (κ3) is 3.47. The second kappa shape index (κ2) is 6.19. The van der Waals surface area contributed by atoms with Gasteiger partial charge in [0.05, 0.1) is 12.7 Å². The number of carboxylic acids is 1. The lowest BCUT2D eigenvalue weighted by Gasteiger charge is -2.36. The van der Waals surface area contributed by atoms with Crippen LogP contribution in [-0.2, 0) is 9.53 Å². The minimum Gasteiger partial charge on any atom is -0.480 e. The van der Waals surface area contributed by atoms with Crippen molar-refractivity contribution in [1.82, 2.24) is 15.1 Å². The molecule has 0 aromatic rings. The van der Waals surface area contributed by atoms with Crippen LogP contribution in [-0.4, -0.2) is 77.9 Å². The lowest BCUT2D eigenvalue weighted by molar-refractivity contribution is -0.146. The molecule has 7 heteroatoms. The van der Waals surface area contributed by atoms with E-state index in [4.69, 9.17) is 9.84 Å². The van der Waals surface area contributed by atoms with Gasteiger partial charge in [-0.05, 0) is 33.2 Å². The fourth-order valence-electron chi connectivity index (χ4n) is 2.73. The van der Waals surface area contributed by atoms with Crippen LogP contribution in [0, 0.1) is 0 Å². The SMILES string of the molecule is CN(C(=O)NCC1CN2CCCC2CO1)C(C)(C)C(=O)O. The lowest BCUT2D eigenvalue weighted by atomic mass is 10.1. The number of likely N-dealkylation sites (N-methyl/N-ethyl adjacent to an activating group) is 1. The lowest BCUT2D eigenvalue weighted by Crippen LogP contribution is -2.56. The van der Waals surface area contributed by atoms with Crippen LogP contribution in [0.25, 0.3) is 0 Å². The summed E-state index contributed by atoms with van der Waals surface area (Å²) in [5.41, 5.74) is -1.24. The van der Waals surface area contributed by atoms with Gasteiger partial charge in [0, 0.05) is 26.2 Å². The summed E-state index contributed by atoms with van der Waals surface area (Å²) in [6, 6.07) is 0.139. The third-order valence-corrected chi connectivity index (χ3v) is 4.61.